The number of hydrogen-bond donors (Lipinski definition) is 0. The van der Waals surface area contributed by atoms with Crippen molar-refractivity contribution >= 4 is 33.0 Å². The van der Waals surface area contributed by atoms with Crippen molar-refractivity contribution < 1.29 is 4.79 Å². The van der Waals surface area contributed by atoms with E-state index in [9.17, 15) is 4.79 Å². The van der Waals surface area contributed by atoms with Crippen LogP contribution in [-0.4, -0.2) is 5.78 Å². The van der Waals surface area contributed by atoms with Crippen LogP contribution >= 0.6 is 27.3 Å². The van der Waals surface area contributed by atoms with Crippen molar-refractivity contribution in [1.29, 1.82) is 0 Å². The molecule has 1 aromatic carbocycles. The number of carbonyl (C=O) groups is 1. The molecule has 2 rings (SSSR count). The van der Waals surface area contributed by atoms with Gasteiger partial charge in [-0.15, -0.1) is 11.3 Å². The van der Waals surface area contributed by atoms with E-state index in [1.165, 1.54) is 4.88 Å². The molecule has 2 aromatic rings. The highest BCUT2D eigenvalue weighted by atomic mass is 79.9. The minimum atomic E-state index is 0.203. The summed E-state index contributed by atoms with van der Waals surface area (Å²) in [4.78, 5) is 13.4. The molecule has 1 heterocycles. The highest BCUT2D eigenvalue weighted by Crippen LogP contribution is 2.23. The Balaban J connectivity index is 2.07. The molecule has 0 bridgehead atoms. The zero-order valence-corrected chi connectivity index (χ0v) is 12.0. The third kappa shape index (κ3) is 3.05. The van der Waals surface area contributed by atoms with Gasteiger partial charge in [-0.2, -0.15) is 0 Å². The summed E-state index contributed by atoms with van der Waals surface area (Å²) in [6, 6.07) is 9.91. The van der Waals surface area contributed by atoms with Crippen LogP contribution in [0.25, 0.3) is 0 Å². The largest absolute Gasteiger partial charge is 0.294 e. The molecule has 0 atom stereocenters. The lowest BCUT2D eigenvalue weighted by atomic mass is 10.0. The number of benzene rings is 1. The first-order valence-corrected chi connectivity index (χ1v) is 7.16. The summed E-state index contributed by atoms with van der Waals surface area (Å²) in [5.41, 5.74) is 1.90. The first-order chi connectivity index (χ1) is 8.18. The number of thiophene rings is 1. The van der Waals surface area contributed by atoms with Gasteiger partial charge in [0, 0.05) is 21.3 Å². The van der Waals surface area contributed by atoms with E-state index in [4.69, 9.17) is 0 Å². The predicted octanol–water partition coefficient (Wildman–Crippen LogP) is 4.63. The fourth-order valence-corrected chi connectivity index (χ4v) is 2.88. The molecule has 0 amide bonds. The highest BCUT2D eigenvalue weighted by Gasteiger charge is 2.11. The summed E-state index contributed by atoms with van der Waals surface area (Å²) in [6.45, 7) is 2.00. The first kappa shape index (κ1) is 12.5. The van der Waals surface area contributed by atoms with Gasteiger partial charge in [-0.05, 0) is 46.3 Å². The lowest BCUT2D eigenvalue weighted by molar-refractivity contribution is 0.0982. The van der Waals surface area contributed by atoms with Crippen molar-refractivity contribution in [3.05, 3.63) is 56.2 Å². The van der Waals surface area contributed by atoms with Crippen molar-refractivity contribution in [1.82, 2.24) is 0 Å². The lowest BCUT2D eigenvalue weighted by Crippen LogP contribution is -2.02. The zero-order chi connectivity index (χ0) is 12.3. The Morgan fingerprint density at radius 2 is 2.12 bits per heavy atom. The molecule has 0 aliphatic rings. The molecule has 0 saturated carbocycles. The van der Waals surface area contributed by atoms with E-state index in [-0.39, 0.29) is 5.78 Å². The molecule has 0 fully saturated rings. The van der Waals surface area contributed by atoms with Crippen LogP contribution in [0.5, 0.6) is 0 Å². The van der Waals surface area contributed by atoms with Gasteiger partial charge >= 0.3 is 0 Å². The van der Waals surface area contributed by atoms with Crippen molar-refractivity contribution in [2.24, 2.45) is 0 Å². The van der Waals surface area contributed by atoms with Crippen LogP contribution in [0.1, 0.15) is 27.2 Å². The number of ketones is 1. The van der Waals surface area contributed by atoms with Gasteiger partial charge in [0.2, 0.25) is 0 Å². The lowest BCUT2D eigenvalue weighted by Gasteiger charge is -2.05. The topological polar surface area (TPSA) is 17.1 Å². The van der Waals surface area contributed by atoms with Gasteiger partial charge in [0.1, 0.15) is 0 Å². The van der Waals surface area contributed by atoms with E-state index in [0.717, 1.165) is 22.0 Å². The van der Waals surface area contributed by atoms with Crippen molar-refractivity contribution in [2.45, 2.75) is 19.8 Å². The number of Topliss-reactive ketones (excluding diaryl/α,β-unsaturated/α-hetero) is 1. The number of halogens is 1. The molecule has 0 radical (unpaired) electrons. The smallest absolute Gasteiger partial charge is 0.164 e. The Morgan fingerprint density at radius 3 is 2.82 bits per heavy atom. The van der Waals surface area contributed by atoms with E-state index < -0.39 is 0 Å². The van der Waals surface area contributed by atoms with Crippen molar-refractivity contribution in [2.75, 3.05) is 0 Å². The second-order valence-corrected chi connectivity index (χ2v) is 5.76. The van der Waals surface area contributed by atoms with Crippen LogP contribution in [0.3, 0.4) is 0 Å². The van der Waals surface area contributed by atoms with Crippen LogP contribution in [0.4, 0.5) is 0 Å². The maximum atomic E-state index is 12.1. The molecule has 0 spiro atoms. The molecule has 1 aromatic heterocycles. The Labute approximate surface area is 114 Å². The molecule has 0 saturated heterocycles. The standard InChI is InChI=1S/C14H13BrOS/c1-10-4-2-6-12(14(10)15)13(16)8-7-11-5-3-9-17-11/h2-6,9H,7-8H2,1H3. The summed E-state index contributed by atoms with van der Waals surface area (Å²) in [6.07, 6.45) is 1.40. The van der Waals surface area contributed by atoms with Gasteiger partial charge in [0.15, 0.2) is 5.78 Å². The van der Waals surface area contributed by atoms with Gasteiger partial charge in [-0.25, -0.2) is 0 Å². The third-order valence-corrected chi connectivity index (χ3v) is 4.66. The number of aryl methyl sites for hydroxylation is 2. The zero-order valence-electron chi connectivity index (χ0n) is 9.57. The van der Waals surface area contributed by atoms with E-state index in [1.54, 1.807) is 11.3 Å². The second kappa shape index (κ2) is 5.61. The van der Waals surface area contributed by atoms with Crippen molar-refractivity contribution in [3.8, 4) is 0 Å². The molecule has 17 heavy (non-hydrogen) atoms. The Bertz CT molecular complexity index is 517. The first-order valence-electron chi connectivity index (χ1n) is 5.49. The van der Waals surface area contributed by atoms with E-state index in [2.05, 4.69) is 22.0 Å². The number of rotatable bonds is 4. The van der Waals surface area contributed by atoms with Gasteiger partial charge in [0.05, 0.1) is 0 Å². The summed E-state index contributed by atoms with van der Waals surface area (Å²) < 4.78 is 0.927. The Hall–Kier alpha value is -0.930. The molecule has 3 heteroatoms. The van der Waals surface area contributed by atoms with Gasteiger partial charge in [0.25, 0.3) is 0 Å². The normalized spacial score (nSPS) is 10.5. The molecule has 0 N–H and O–H groups in total. The maximum Gasteiger partial charge on any atom is 0.164 e. The SMILES string of the molecule is Cc1cccc(C(=O)CCc2cccs2)c1Br. The second-order valence-electron chi connectivity index (χ2n) is 3.94. The van der Waals surface area contributed by atoms with E-state index in [1.807, 2.05) is 36.6 Å². The average Bonchev–Trinajstić information content (AvgIpc) is 2.82. The van der Waals surface area contributed by atoms with Crippen LogP contribution in [-0.2, 0) is 6.42 Å². The van der Waals surface area contributed by atoms with Gasteiger partial charge < -0.3 is 0 Å². The minimum absolute atomic E-state index is 0.203. The minimum Gasteiger partial charge on any atom is -0.294 e. The van der Waals surface area contributed by atoms with Crippen LogP contribution in [0, 0.1) is 6.92 Å². The molecular weight excluding hydrogens is 296 g/mol. The fraction of sp³-hybridized carbons (Fsp3) is 0.214. The van der Waals surface area contributed by atoms with Crippen LogP contribution in [0.15, 0.2) is 40.2 Å². The molecule has 0 aliphatic heterocycles. The monoisotopic (exact) mass is 308 g/mol. The van der Waals surface area contributed by atoms with E-state index >= 15 is 0 Å². The Morgan fingerprint density at radius 1 is 1.29 bits per heavy atom. The number of hydrogen-bond acceptors (Lipinski definition) is 2. The van der Waals surface area contributed by atoms with Crippen molar-refractivity contribution in [3.63, 3.8) is 0 Å². The van der Waals surface area contributed by atoms with Gasteiger partial charge in [-0.1, -0.05) is 24.3 Å². The molecule has 0 aliphatic carbocycles. The van der Waals surface area contributed by atoms with Crippen LogP contribution < -0.4 is 0 Å². The number of carbonyl (C=O) groups excluding carboxylic acids is 1. The average molecular weight is 309 g/mol. The summed E-state index contributed by atoms with van der Waals surface area (Å²) >= 11 is 5.18. The van der Waals surface area contributed by atoms with E-state index in [0.29, 0.717) is 6.42 Å². The predicted molar refractivity (Wildman–Crippen MR) is 75.8 cm³/mol. The molecule has 88 valence electrons. The quantitative estimate of drug-likeness (QED) is 0.752. The summed E-state index contributed by atoms with van der Waals surface area (Å²) in [5, 5.41) is 2.04. The highest BCUT2D eigenvalue weighted by molar-refractivity contribution is 9.10. The summed E-state index contributed by atoms with van der Waals surface area (Å²) in [5.74, 6) is 0.203. The third-order valence-electron chi connectivity index (χ3n) is 2.67. The molecular formula is C14H13BrOS. The summed E-state index contributed by atoms with van der Waals surface area (Å²) in [7, 11) is 0. The van der Waals surface area contributed by atoms with Gasteiger partial charge in [-0.3, -0.25) is 4.79 Å². The van der Waals surface area contributed by atoms with Crippen LogP contribution in [0.2, 0.25) is 0 Å². The molecule has 0 unspecified atom stereocenters. The Kier molecular flexibility index (Phi) is 4.13. The maximum absolute atomic E-state index is 12.1. The molecule has 1 nitrogen and oxygen atoms in total. The fourth-order valence-electron chi connectivity index (χ4n) is 1.69.